The second-order valence-corrected chi connectivity index (χ2v) is 5.57. The molecule has 0 saturated heterocycles. The number of allylic oxidation sites excluding steroid dienone is 3. The van der Waals surface area contributed by atoms with E-state index in [2.05, 4.69) is 23.2 Å². The third-order valence-electron chi connectivity index (χ3n) is 3.73. The number of rotatable bonds is 5. The van der Waals surface area contributed by atoms with Crippen LogP contribution in [0.15, 0.2) is 59.2 Å². The lowest BCUT2D eigenvalue weighted by Gasteiger charge is -2.22. The Morgan fingerprint density at radius 3 is 2.82 bits per heavy atom. The van der Waals surface area contributed by atoms with E-state index in [-0.39, 0.29) is 12.5 Å². The van der Waals surface area contributed by atoms with Crippen molar-refractivity contribution in [3.63, 3.8) is 0 Å². The third-order valence-corrected chi connectivity index (χ3v) is 3.73. The Morgan fingerprint density at radius 1 is 1.41 bits per heavy atom. The molecule has 1 amide bonds. The number of nitrogens with one attached hydrogen (secondary N) is 1. The topological polar surface area (TPSA) is 50.7 Å². The number of nitrogens with zero attached hydrogens (tertiary/aromatic N) is 1. The lowest BCUT2D eigenvalue weighted by molar-refractivity contribution is -0.123. The van der Waals surface area contributed by atoms with Crippen LogP contribution in [-0.4, -0.2) is 18.2 Å². The van der Waals surface area contributed by atoms with E-state index < -0.39 is 0 Å². The van der Waals surface area contributed by atoms with Crippen molar-refractivity contribution in [2.24, 2.45) is 11.0 Å². The van der Waals surface area contributed by atoms with E-state index in [1.807, 2.05) is 44.2 Å². The number of carbonyl (C=O) groups excluding carboxylic acids is 1. The lowest BCUT2D eigenvalue weighted by atomic mass is 9.85. The zero-order chi connectivity index (χ0) is 15.9. The van der Waals surface area contributed by atoms with Crippen LogP contribution < -0.4 is 10.2 Å². The van der Waals surface area contributed by atoms with Crippen LogP contribution in [0.2, 0.25) is 0 Å². The molecule has 1 N–H and O–H groups in total. The fourth-order valence-electron chi connectivity index (χ4n) is 2.25. The molecule has 0 radical (unpaired) electrons. The minimum atomic E-state index is -0.262. The van der Waals surface area contributed by atoms with Crippen molar-refractivity contribution in [3.05, 3.63) is 54.1 Å². The second-order valence-electron chi connectivity index (χ2n) is 5.57. The maximum absolute atomic E-state index is 11.8. The highest BCUT2D eigenvalue weighted by molar-refractivity contribution is 6.01. The number of ether oxygens (including phenoxy) is 1. The Balaban J connectivity index is 1.87. The number of hydrogen-bond donors (Lipinski definition) is 1. The van der Waals surface area contributed by atoms with Crippen molar-refractivity contribution in [3.8, 4) is 5.75 Å². The molecule has 1 aliphatic rings. The minimum absolute atomic E-state index is 0.0481. The van der Waals surface area contributed by atoms with Gasteiger partial charge in [0.1, 0.15) is 5.75 Å². The van der Waals surface area contributed by atoms with Gasteiger partial charge in [-0.15, -0.1) is 0 Å². The first-order valence-electron chi connectivity index (χ1n) is 7.42. The first-order valence-corrected chi connectivity index (χ1v) is 7.42. The number of hydrazone groups is 1. The molecular formula is C18H22N2O2. The van der Waals surface area contributed by atoms with Crippen LogP contribution in [0.4, 0.5) is 0 Å². The zero-order valence-corrected chi connectivity index (χ0v) is 13.1. The van der Waals surface area contributed by atoms with Crippen LogP contribution >= 0.6 is 0 Å². The summed E-state index contributed by atoms with van der Waals surface area (Å²) in [6.07, 6.45) is 3.96. The fourth-order valence-corrected chi connectivity index (χ4v) is 2.25. The van der Waals surface area contributed by atoms with Gasteiger partial charge in [-0.25, -0.2) is 5.43 Å². The maximum atomic E-state index is 11.8. The van der Waals surface area contributed by atoms with Gasteiger partial charge in [-0.05, 0) is 50.3 Å². The number of amides is 1. The van der Waals surface area contributed by atoms with Crippen molar-refractivity contribution < 1.29 is 9.53 Å². The quantitative estimate of drug-likeness (QED) is 0.668. The summed E-state index contributed by atoms with van der Waals surface area (Å²) in [5, 5.41) is 4.24. The molecule has 0 bridgehead atoms. The molecule has 116 valence electrons. The van der Waals surface area contributed by atoms with Gasteiger partial charge in [0.2, 0.25) is 0 Å². The Bertz CT molecular complexity index is 603. The lowest BCUT2D eigenvalue weighted by Crippen LogP contribution is -2.27. The van der Waals surface area contributed by atoms with Gasteiger partial charge in [-0.1, -0.05) is 36.4 Å². The monoisotopic (exact) mass is 298 g/mol. The second kappa shape index (κ2) is 7.59. The molecule has 0 aliphatic heterocycles. The van der Waals surface area contributed by atoms with Gasteiger partial charge in [0.25, 0.3) is 5.91 Å². The highest BCUT2D eigenvalue weighted by Gasteiger charge is 2.18. The zero-order valence-electron chi connectivity index (χ0n) is 13.1. The van der Waals surface area contributed by atoms with E-state index in [9.17, 15) is 4.79 Å². The van der Waals surface area contributed by atoms with Gasteiger partial charge in [0.15, 0.2) is 6.61 Å². The summed E-state index contributed by atoms with van der Waals surface area (Å²) >= 11 is 0. The van der Waals surface area contributed by atoms with Crippen LogP contribution in [0, 0.1) is 5.92 Å². The average molecular weight is 298 g/mol. The molecule has 0 fully saturated rings. The molecule has 1 atom stereocenters. The number of hydrogen-bond acceptors (Lipinski definition) is 3. The summed E-state index contributed by atoms with van der Waals surface area (Å²) in [4.78, 5) is 11.8. The molecule has 22 heavy (non-hydrogen) atoms. The summed E-state index contributed by atoms with van der Waals surface area (Å²) in [5.74, 6) is 0.808. The third kappa shape index (κ3) is 4.58. The molecule has 0 heterocycles. The van der Waals surface area contributed by atoms with E-state index in [4.69, 9.17) is 4.74 Å². The Kier molecular flexibility index (Phi) is 5.53. The highest BCUT2D eigenvalue weighted by atomic mass is 16.5. The molecule has 2 rings (SSSR count). The highest BCUT2D eigenvalue weighted by Crippen LogP contribution is 2.26. The first-order chi connectivity index (χ1) is 10.6. The summed E-state index contributed by atoms with van der Waals surface area (Å²) < 4.78 is 5.38. The van der Waals surface area contributed by atoms with E-state index in [0.717, 1.165) is 29.7 Å². The smallest absolute Gasteiger partial charge is 0.277 e. The van der Waals surface area contributed by atoms with Crippen LogP contribution in [0.5, 0.6) is 5.75 Å². The van der Waals surface area contributed by atoms with Gasteiger partial charge in [-0.3, -0.25) is 4.79 Å². The predicted molar refractivity (Wildman–Crippen MR) is 88.8 cm³/mol. The molecule has 1 aliphatic carbocycles. The molecule has 1 aromatic rings. The van der Waals surface area contributed by atoms with Gasteiger partial charge in [0, 0.05) is 0 Å². The predicted octanol–water partition coefficient (Wildman–Crippen LogP) is 3.47. The van der Waals surface area contributed by atoms with Crippen molar-refractivity contribution >= 4 is 11.6 Å². The van der Waals surface area contributed by atoms with Crippen molar-refractivity contribution in [2.45, 2.75) is 26.7 Å². The van der Waals surface area contributed by atoms with E-state index >= 15 is 0 Å². The number of benzene rings is 1. The van der Waals surface area contributed by atoms with Crippen molar-refractivity contribution in [1.82, 2.24) is 5.43 Å². The van der Waals surface area contributed by atoms with Gasteiger partial charge < -0.3 is 4.74 Å². The Hall–Kier alpha value is -2.36. The van der Waals surface area contributed by atoms with Gasteiger partial charge in [-0.2, -0.15) is 5.10 Å². The first kappa shape index (κ1) is 16.0. The normalized spacial score (nSPS) is 19.5. The SMILES string of the molecule is C=C(C)C1CC=C(C)C(=NNC(=O)COc2ccccc2)C1. The number of carbonyl (C=O) groups is 1. The molecule has 0 spiro atoms. The molecule has 4 heteroatoms. The Morgan fingerprint density at radius 2 is 2.14 bits per heavy atom. The fraction of sp³-hybridized carbons (Fsp3) is 0.333. The van der Waals surface area contributed by atoms with E-state index in [1.54, 1.807) is 0 Å². The van der Waals surface area contributed by atoms with Crippen LogP contribution in [0.1, 0.15) is 26.7 Å². The van der Waals surface area contributed by atoms with Crippen LogP contribution in [0.3, 0.4) is 0 Å². The Labute approximate surface area is 131 Å². The maximum Gasteiger partial charge on any atom is 0.277 e. The minimum Gasteiger partial charge on any atom is -0.484 e. The summed E-state index contributed by atoms with van der Waals surface area (Å²) in [7, 11) is 0. The molecule has 0 saturated carbocycles. The van der Waals surface area contributed by atoms with E-state index in [0.29, 0.717) is 11.7 Å². The van der Waals surface area contributed by atoms with Crippen LogP contribution in [0.25, 0.3) is 0 Å². The number of para-hydroxylation sites is 1. The summed E-state index contributed by atoms with van der Waals surface area (Å²) in [6.45, 7) is 8.00. The molecule has 0 aromatic heterocycles. The van der Waals surface area contributed by atoms with Gasteiger partial charge >= 0.3 is 0 Å². The molecule has 1 aromatic carbocycles. The van der Waals surface area contributed by atoms with Crippen molar-refractivity contribution in [2.75, 3.05) is 6.61 Å². The van der Waals surface area contributed by atoms with Crippen molar-refractivity contribution in [1.29, 1.82) is 0 Å². The standard InChI is InChI=1S/C18H22N2O2/c1-13(2)15-10-9-14(3)17(11-15)19-20-18(21)12-22-16-7-5-4-6-8-16/h4-9,15H,1,10-12H2,2-3H3,(H,20,21). The van der Waals surface area contributed by atoms with Crippen LogP contribution in [-0.2, 0) is 4.79 Å². The largest absolute Gasteiger partial charge is 0.484 e. The summed E-state index contributed by atoms with van der Waals surface area (Å²) in [6, 6.07) is 9.24. The van der Waals surface area contributed by atoms with Gasteiger partial charge in [0.05, 0.1) is 5.71 Å². The molecule has 1 unspecified atom stereocenters. The summed E-state index contributed by atoms with van der Waals surface area (Å²) in [5.41, 5.74) is 5.74. The van der Waals surface area contributed by atoms with E-state index in [1.165, 1.54) is 0 Å². The average Bonchev–Trinajstić information content (AvgIpc) is 2.53. The molecule has 4 nitrogen and oxygen atoms in total. The molecular weight excluding hydrogens is 276 g/mol.